The van der Waals surface area contributed by atoms with E-state index in [0.29, 0.717) is 30.0 Å². The number of hydrogen-bond acceptors (Lipinski definition) is 4. The lowest BCUT2D eigenvalue weighted by Crippen LogP contribution is -2.43. The van der Waals surface area contributed by atoms with Crippen LogP contribution in [0.1, 0.15) is 23.2 Å². The first-order valence-electron chi connectivity index (χ1n) is 9.00. The van der Waals surface area contributed by atoms with Gasteiger partial charge in [0.25, 0.3) is 5.91 Å². The largest absolute Gasteiger partial charge is 0.338 e. The van der Waals surface area contributed by atoms with Crippen LogP contribution in [0.25, 0.3) is 0 Å². The summed E-state index contributed by atoms with van der Waals surface area (Å²) in [6, 6.07) is 10.8. The minimum Gasteiger partial charge on any atom is -0.338 e. The summed E-state index contributed by atoms with van der Waals surface area (Å²) in [5.41, 5.74) is 0.750. The number of carbonyl (C=O) groups excluding carboxylic acids is 2. The van der Waals surface area contributed by atoms with Crippen molar-refractivity contribution < 1.29 is 18.0 Å². The Morgan fingerprint density at radius 1 is 1.10 bits per heavy atom. The predicted octanol–water partition coefficient (Wildman–Crippen LogP) is 3.89. The molecule has 1 aliphatic heterocycles. The SMILES string of the molecule is CS(=O)(=O)c1ccc(Cl)c(NC(=O)[C@H]2CCCN(C(=O)c3ccc(Cl)cc3)C2)c1. The number of rotatable bonds is 4. The van der Waals surface area contributed by atoms with E-state index in [0.717, 1.165) is 6.26 Å². The van der Waals surface area contributed by atoms with Gasteiger partial charge in [-0.25, -0.2) is 8.42 Å². The van der Waals surface area contributed by atoms with Crippen LogP contribution < -0.4 is 5.32 Å². The van der Waals surface area contributed by atoms with E-state index < -0.39 is 15.8 Å². The van der Waals surface area contributed by atoms with Crippen molar-refractivity contribution in [2.75, 3.05) is 24.7 Å². The highest BCUT2D eigenvalue weighted by Gasteiger charge is 2.29. The molecule has 2 amide bonds. The quantitative estimate of drug-likeness (QED) is 0.759. The smallest absolute Gasteiger partial charge is 0.253 e. The molecule has 0 aliphatic carbocycles. The molecule has 9 heteroatoms. The molecule has 0 bridgehead atoms. The molecule has 1 atom stereocenters. The summed E-state index contributed by atoms with van der Waals surface area (Å²) in [7, 11) is -3.43. The van der Waals surface area contributed by atoms with Gasteiger partial charge in [0.2, 0.25) is 5.91 Å². The average molecular weight is 455 g/mol. The highest BCUT2D eigenvalue weighted by atomic mass is 35.5. The van der Waals surface area contributed by atoms with Crippen molar-refractivity contribution in [3.63, 3.8) is 0 Å². The molecule has 1 fully saturated rings. The predicted molar refractivity (Wildman–Crippen MR) is 113 cm³/mol. The summed E-state index contributed by atoms with van der Waals surface area (Å²) in [5, 5.41) is 3.50. The Hall–Kier alpha value is -2.09. The Bertz CT molecular complexity index is 1040. The zero-order chi connectivity index (χ0) is 21.2. The van der Waals surface area contributed by atoms with E-state index in [2.05, 4.69) is 5.32 Å². The molecule has 0 radical (unpaired) electrons. The maximum absolute atomic E-state index is 12.8. The number of benzene rings is 2. The number of nitrogens with one attached hydrogen (secondary N) is 1. The van der Waals surface area contributed by atoms with E-state index in [1.807, 2.05) is 0 Å². The molecule has 6 nitrogen and oxygen atoms in total. The number of amides is 2. The van der Waals surface area contributed by atoms with Crippen molar-refractivity contribution in [3.05, 3.63) is 58.1 Å². The molecular weight excluding hydrogens is 435 g/mol. The third kappa shape index (κ3) is 5.29. The van der Waals surface area contributed by atoms with Crippen LogP contribution in [-0.4, -0.2) is 44.5 Å². The monoisotopic (exact) mass is 454 g/mol. The number of carbonyl (C=O) groups is 2. The molecular formula is C20H20Cl2N2O4S. The second-order valence-corrected chi connectivity index (χ2v) is 9.86. The molecule has 1 N–H and O–H groups in total. The first-order valence-corrected chi connectivity index (χ1v) is 11.6. The maximum Gasteiger partial charge on any atom is 0.253 e. The fraction of sp³-hybridized carbons (Fsp3) is 0.300. The van der Waals surface area contributed by atoms with Crippen LogP contribution in [0, 0.1) is 5.92 Å². The number of likely N-dealkylation sites (tertiary alicyclic amines) is 1. The number of piperidine rings is 1. The Morgan fingerprint density at radius 3 is 2.45 bits per heavy atom. The van der Waals surface area contributed by atoms with Gasteiger partial charge in [-0.05, 0) is 55.3 Å². The molecule has 154 valence electrons. The standard InChI is InChI=1S/C20H20Cl2N2O4S/c1-29(27,28)16-8-9-17(22)18(11-16)23-19(25)14-3-2-10-24(12-14)20(26)13-4-6-15(21)7-5-13/h4-9,11,14H,2-3,10,12H2,1H3,(H,23,25)/t14-/m0/s1. The van der Waals surface area contributed by atoms with Gasteiger partial charge in [-0.3, -0.25) is 9.59 Å². The number of sulfone groups is 1. The van der Waals surface area contributed by atoms with Crippen molar-refractivity contribution in [2.45, 2.75) is 17.7 Å². The Balaban J connectivity index is 1.72. The Labute approximate surface area is 179 Å². The molecule has 0 spiro atoms. The van der Waals surface area contributed by atoms with Crippen LogP contribution in [0.4, 0.5) is 5.69 Å². The summed E-state index contributed by atoms with van der Waals surface area (Å²) in [6.45, 7) is 0.840. The third-order valence-electron chi connectivity index (χ3n) is 4.79. The average Bonchev–Trinajstić information content (AvgIpc) is 2.69. The van der Waals surface area contributed by atoms with Crippen molar-refractivity contribution >= 4 is 50.5 Å². The van der Waals surface area contributed by atoms with Crippen LogP contribution in [0.3, 0.4) is 0 Å². The lowest BCUT2D eigenvalue weighted by molar-refractivity contribution is -0.121. The fourth-order valence-corrected chi connectivity index (χ4v) is 4.15. The lowest BCUT2D eigenvalue weighted by Gasteiger charge is -2.32. The normalized spacial score (nSPS) is 17.1. The van der Waals surface area contributed by atoms with E-state index in [1.54, 1.807) is 29.2 Å². The topological polar surface area (TPSA) is 83.6 Å². The number of hydrogen-bond donors (Lipinski definition) is 1. The summed E-state index contributed by atoms with van der Waals surface area (Å²) >= 11 is 12.0. The van der Waals surface area contributed by atoms with Gasteiger partial charge in [-0.2, -0.15) is 0 Å². The van der Waals surface area contributed by atoms with Crippen molar-refractivity contribution in [3.8, 4) is 0 Å². The molecule has 1 aliphatic rings. The third-order valence-corrected chi connectivity index (χ3v) is 6.49. The first-order chi connectivity index (χ1) is 13.6. The van der Waals surface area contributed by atoms with Crippen LogP contribution >= 0.6 is 23.2 Å². The molecule has 3 rings (SSSR count). The van der Waals surface area contributed by atoms with Crippen LogP contribution in [0.5, 0.6) is 0 Å². The molecule has 2 aromatic carbocycles. The van der Waals surface area contributed by atoms with Gasteiger partial charge in [-0.1, -0.05) is 23.2 Å². The van der Waals surface area contributed by atoms with Gasteiger partial charge in [0.15, 0.2) is 9.84 Å². The second kappa shape index (κ2) is 8.73. The zero-order valence-corrected chi connectivity index (χ0v) is 18.0. The van der Waals surface area contributed by atoms with Crippen molar-refractivity contribution in [1.82, 2.24) is 4.90 Å². The lowest BCUT2D eigenvalue weighted by atomic mass is 9.96. The van der Waals surface area contributed by atoms with Gasteiger partial charge >= 0.3 is 0 Å². The Morgan fingerprint density at radius 2 is 1.79 bits per heavy atom. The van der Waals surface area contributed by atoms with E-state index in [1.165, 1.54) is 18.2 Å². The van der Waals surface area contributed by atoms with Gasteiger partial charge in [0, 0.05) is 29.9 Å². The fourth-order valence-electron chi connectivity index (χ4n) is 3.22. The van der Waals surface area contributed by atoms with Crippen LogP contribution in [0.15, 0.2) is 47.4 Å². The van der Waals surface area contributed by atoms with Crippen LogP contribution in [0.2, 0.25) is 10.0 Å². The molecule has 0 aromatic heterocycles. The van der Waals surface area contributed by atoms with Crippen LogP contribution in [-0.2, 0) is 14.6 Å². The molecule has 2 aromatic rings. The van der Waals surface area contributed by atoms with E-state index >= 15 is 0 Å². The van der Waals surface area contributed by atoms with Gasteiger partial charge in [0.1, 0.15) is 0 Å². The highest BCUT2D eigenvalue weighted by molar-refractivity contribution is 7.90. The number of anilines is 1. The summed E-state index contributed by atoms with van der Waals surface area (Å²) in [6.07, 6.45) is 2.40. The highest BCUT2D eigenvalue weighted by Crippen LogP contribution is 2.27. The summed E-state index contributed by atoms with van der Waals surface area (Å²) < 4.78 is 23.5. The second-order valence-electron chi connectivity index (χ2n) is 7.00. The molecule has 0 unspecified atom stereocenters. The maximum atomic E-state index is 12.8. The zero-order valence-electron chi connectivity index (χ0n) is 15.7. The van der Waals surface area contributed by atoms with Crippen molar-refractivity contribution in [1.29, 1.82) is 0 Å². The van der Waals surface area contributed by atoms with E-state index in [-0.39, 0.29) is 34.0 Å². The molecule has 29 heavy (non-hydrogen) atoms. The van der Waals surface area contributed by atoms with E-state index in [9.17, 15) is 18.0 Å². The molecule has 1 saturated heterocycles. The first kappa shape index (κ1) is 21.6. The Kier molecular flexibility index (Phi) is 6.51. The summed E-state index contributed by atoms with van der Waals surface area (Å²) in [5.74, 6) is -0.875. The van der Waals surface area contributed by atoms with E-state index in [4.69, 9.17) is 23.2 Å². The minimum absolute atomic E-state index is 0.0698. The summed E-state index contributed by atoms with van der Waals surface area (Å²) in [4.78, 5) is 27.2. The number of halogens is 2. The van der Waals surface area contributed by atoms with Gasteiger partial charge < -0.3 is 10.2 Å². The van der Waals surface area contributed by atoms with Gasteiger partial charge in [0.05, 0.1) is 21.5 Å². The molecule has 1 heterocycles. The number of nitrogens with zero attached hydrogens (tertiary/aromatic N) is 1. The minimum atomic E-state index is -3.43. The molecule has 0 saturated carbocycles. The van der Waals surface area contributed by atoms with Gasteiger partial charge in [-0.15, -0.1) is 0 Å². The van der Waals surface area contributed by atoms with Crippen molar-refractivity contribution in [2.24, 2.45) is 5.92 Å².